The molecule has 2 atom stereocenters. The SMILES string of the molecule is N=C(N)c1ccc2c(c1)CCC1CCCCCCC1C(=O)O2. The highest BCUT2D eigenvalue weighted by Crippen LogP contribution is 2.36. The fraction of sp³-hybridized carbons (Fsp3) is 0.556. The Morgan fingerprint density at radius 1 is 1.14 bits per heavy atom. The van der Waals surface area contributed by atoms with E-state index < -0.39 is 0 Å². The maximum absolute atomic E-state index is 12.6. The summed E-state index contributed by atoms with van der Waals surface area (Å²) in [5.41, 5.74) is 7.26. The van der Waals surface area contributed by atoms with E-state index in [1.165, 1.54) is 19.3 Å². The van der Waals surface area contributed by atoms with Gasteiger partial charge in [0.1, 0.15) is 11.6 Å². The minimum atomic E-state index is -0.0663. The van der Waals surface area contributed by atoms with Gasteiger partial charge in [-0.15, -0.1) is 0 Å². The maximum atomic E-state index is 12.6. The van der Waals surface area contributed by atoms with Crippen molar-refractivity contribution in [3.63, 3.8) is 0 Å². The molecular formula is C18H24N2O2. The van der Waals surface area contributed by atoms with Crippen LogP contribution < -0.4 is 10.5 Å². The molecule has 0 radical (unpaired) electrons. The van der Waals surface area contributed by atoms with Gasteiger partial charge in [0.15, 0.2) is 0 Å². The van der Waals surface area contributed by atoms with Crippen LogP contribution in [0.5, 0.6) is 5.75 Å². The zero-order valence-electron chi connectivity index (χ0n) is 12.9. The predicted octanol–water partition coefficient (Wildman–Crippen LogP) is 3.41. The lowest BCUT2D eigenvalue weighted by molar-refractivity contribution is -0.142. The molecule has 0 saturated heterocycles. The van der Waals surface area contributed by atoms with Gasteiger partial charge in [0.2, 0.25) is 0 Å². The topological polar surface area (TPSA) is 76.2 Å². The minimum absolute atomic E-state index is 0.0556. The van der Waals surface area contributed by atoms with Crippen molar-refractivity contribution in [2.24, 2.45) is 17.6 Å². The number of amidine groups is 1. The van der Waals surface area contributed by atoms with Gasteiger partial charge in [0.05, 0.1) is 5.92 Å². The molecule has 0 spiro atoms. The lowest BCUT2D eigenvalue weighted by Crippen LogP contribution is -2.31. The van der Waals surface area contributed by atoms with Crippen LogP contribution in [0.3, 0.4) is 0 Å². The normalized spacial score (nSPS) is 25.5. The Balaban J connectivity index is 1.88. The number of carbonyl (C=O) groups excluding carboxylic acids is 1. The first-order chi connectivity index (χ1) is 10.6. The highest BCUT2D eigenvalue weighted by Gasteiger charge is 2.32. The molecule has 4 nitrogen and oxygen atoms in total. The molecule has 118 valence electrons. The van der Waals surface area contributed by atoms with Crippen molar-refractivity contribution >= 4 is 11.8 Å². The fourth-order valence-corrected chi connectivity index (χ4v) is 3.78. The number of esters is 1. The average Bonchev–Trinajstić information content (AvgIpc) is 2.46. The number of rotatable bonds is 1. The first-order valence-corrected chi connectivity index (χ1v) is 8.34. The number of nitrogens with two attached hydrogens (primary N) is 1. The summed E-state index contributed by atoms with van der Waals surface area (Å²) in [5.74, 6) is 1.13. The molecule has 1 aromatic rings. The van der Waals surface area contributed by atoms with E-state index in [1.54, 1.807) is 12.1 Å². The number of carbonyl (C=O) groups is 1. The number of benzene rings is 1. The molecule has 1 aromatic carbocycles. The van der Waals surface area contributed by atoms with Gasteiger partial charge in [-0.1, -0.05) is 25.7 Å². The van der Waals surface area contributed by atoms with Crippen LogP contribution in [-0.2, 0) is 11.2 Å². The van der Waals surface area contributed by atoms with Crippen molar-refractivity contribution in [3.05, 3.63) is 29.3 Å². The summed E-state index contributed by atoms with van der Waals surface area (Å²) in [6.07, 6.45) is 8.87. The number of aryl methyl sites for hydroxylation is 1. The van der Waals surface area contributed by atoms with Crippen molar-refractivity contribution < 1.29 is 9.53 Å². The Hall–Kier alpha value is -1.84. The molecule has 3 N–H and O–H groups in total. The molecule has 1 saturated carbocycles. The third kappa shape index (κ3) is 3.16. The summed E-state index contributed by atoms with van der Waals surface area (Å²) in [6, 6.07) is 5.44. The predicted molar refractivity (Wildman–Crippen MR) is 86.1 cm³/mol. The maximum Gasteiger partial charge on any atom is 0.314 e. The summed E-state index contributed by atoms with van der Waals surface area (Å²) >= 11 is 0. The second-order valence-corrected chi connectivity index (χ2v) is 6.55. The highest BCUT2D eigenvalue weighted by molar-refractivity contribution is 5.95. The fourth-order valence-electron chi connectivity index (χ4n) is 3.78. The molecular weight excluding hydrogens is 276 g/mol. The molecule has 22 heavy (non-hydrogen) atoms. The third-order valence-corrected chi connectivity index (χ3v) is 5.08. The number of ether oxygens (including phenoxy) is 1. The molecule has 0 aromatic heterocycles. The van der Waals surface area contributed by atoms with E-state index in [4.69, 9.17) is 15.9 Å². The Bertz CT molecular complexity index is 582. The zero-order chi connectivity index (χ0) is 15.5. The van der Waals surface area contributed by atoms with Gasteiger partial charge in [0, 0.05) is 5.56 Å². The highest BCUT2D eigenvalue weighted by atomic mass is 16.5. The Morgan fingerprint density at radius 3 is 2.68 bits per heavy atom. The number of fused-ring (bicyclic) bond motifs is 2. The van der Waals surface area contributed by atoms with Crippen LogP contribution in [0, 0.1) is 17.2 Å². The van der Waals surface area contributed by atoms with E-state index in [2.05, 4.69) is 0 Å². The van der Waals surface area contributed by atoms with Crippen LogP contribution in [0.25, 0.3) is 0 Å². The van der Waals surface area contributed by atoms with Crippen LogP contribution >= 0.6 is 0 Å². The van der Waals surface area contributed by atoms with Crippen molar-refractivity contribution in [3.8, 4) is 5.75 Å². The molecule has 1 aliphatic carbocycles. The van der Waals surface area contributed by atoms with Gasteiger partial charge in [-0.2, -0.15) is 0 Å². The Morgan fingerprint density at radius 2 is 1.91 bits per heavy atom. The first kappa shape index (κ1) is 15.1. The van der Waals surface area contributed by atoms with Gasteiger partial charge in [-0.25, -0.2) is 0 Å². The van der Waals surface area contributed by atoms with Crippen molar-refractivity contribution in [1.29, 1.82) is 5.41 Å². The average molecular weight is 300 g/mol. The molecule has 0 amide bonds. The standard InChI is InChI=1S/C18H24N2O2/c19-17(20)14-9-10-16-13(11-14)8-7-12-5-3-1-2-4-6-15(12)18(21)22-16/h9-12,15H,1-8H2,(H3,19,20). The molecule has 3 rings (SSSR count). The lowest BCUT2D eigenvalue weighted by Gasteiger charge is -2.30. The van der Waals surface area contributed by atoms with Crippen LogP contribution in [0.2, 0.25) is 0 Å². The second kappa shape index (κ2) is 6.51. The van der Waals surface area contributed by atoms with Gasteiger partial charge in [-0.3, -0.25) is 10.2 Å². The number of hydrogen-bond acceptors (Lipinski definition) is 3. The quantitative estimate of drug-likeness (QED) is 0.361. The summed E-state index contributed by atoms with van der Waals surface area (Å²) in [4.78, 5) is 12.6. The number of nitrogen functional groups attached to an aromatic ring is 1. The number of hydrogen-bond donors (Lipinski definition) is 2. The largest absolute Gasteiger partial charge is 0.426 e. The van der Waals surface area contributed by atoms with E-state index in [0.29, 0.717) is 17.2 Å². The molecule has 2 unspecified atom stereocenters. The van der Waals surface area contributed by atoms with E-state index in [0.717, 1.165) is 37.7 Å². The summed E-state index contributed by atoms with van der Waals surface area (Å²) < 4.78 is 5.69. The van der Waals surface area contributed by atoms with E-state index in [1.807, 2.05) is 6.07 Å². The van der Waals surface area contributed by atoms with E-state index in [9.17, 15) is 4.79 Å². The zero-order valence-corrected chi connectivity index (χ0v) is 12.9. The molecule has 1 aliphatic heterocycles. The van der Waals surface area contributed by atoms with Crippen LogP contribution in [0.4, 0.5) is 0 Å². The van der Waals surface area contributed by atoms with Crippen LogP contribution in [0.15, 0.2) is 18.2 Å². The Labute approximate surface area is 131 Å². The molecule has 1 heterocycles. The van der Waals surface area contributed by atoms with Crippen molar-refractivity contribution in [2.75, 3.05) is 0 Å². The van der Waals surface area contributed by atoms with Crippen molar-refractivity contribution in [1.82, 2.24) is 0 Å². The lowest BCUT2D eigenvalue weighted by atomic mass is 9.78. The summed E-state index contributed by atoms with van der Waals surface area (Å²) in [7, 11) is 0. The smallest absolute Gasteiger partial charge is 0.314 e. The summed E-state index contributed by atoms with van der Waals surface area (Å²) in [5, 5.41) is 7.56. The van der Waals surface area contributed by atoms with E-state index >= 15 is 0 Å². The second-order valence-electron chi connectivity index (χ2n) is 6.55. The summed E-state index contributed by atoms with van der Waals surface area (Å²) in [6.45, 7) is 0. The minimum Gasteiger partial charge on any atom is -0.426 e. The number of nitrogens with one attached hydrogen (secondary N) is 1. The van der Waals surface area contributed by atoms with Crippen molar-refractivity contribution in [2.45, 2.75) is 51.4 Å². The van der Waals surface area contributed by atoms with Crippen LogP contribution in [-0.4, -0.2) is 11.8 Å². The molecule has 1 fully saturated rings. The third-order valence-electron chi connectivity index (χ3n) is 5.08. The Kier molecular flexibility index (Phi) is 4.46. The van der Waals surface area contributed by atoms with E-state index in [-0.39, 0.29) is 17.7 Å². The van der Waals surface area contributed by atoms with Gasteiger partial charge in [-0.05, 0) is 55.4 Å². The molecule has 2 aliphatic rings. The molecule has 0 bridgehead atoms. The van der Waals surface area contributed by atoms with Crippen LogP contribution in [0.1, 0.15) is 56.1 Å². The first-order valence-electron chi connectivity index (χ1n) is 8.34. The molecule has 4 heteroatoms. The monoisotopic (exact) mass is 300 g/mol. The van der Waals surface area contributed by atoms with Gasteiger partial charge < -0.3 is 10.5 Å². The van der Waals surface area contributed by atoms with Gasteiger partial charge in [0.25, 0.3) is 0 Å². The van der Waals surface area contributed by atoms with Gasteiger partial charge >= 0.3 is 5.97 Å².